The van der Waals surface area contributed by atoms with Gasteiger partial charge in [0.25, 0.3) is 0 Å². The Morgan fingerprint density at radius 1 is 1.24 bits per heavy atom. The highest BCUT2D eigenvalue weighted by molar-refractivity contribution is 9.11. The lowest BCUT2D eigenvalue weighted by Gasteiger charge is -2.09. The van der Waals surface area contributed by atoms with Gasteiger partial charge in [0.15, 0.2) is 5.82 Å². The van der Waals surface area contributed by atoms with Crippen molar-refractivity contribution in [2.75, 3.05) is 11.1 Å². The van der Waals surface area contributed by atoms with Crippen LogP contribution in [0.5, 0.6) is 0 Å². The van der Waals surface area contributed by atoms with Gasteiger partial charge in [-0.15, -0.1) is 0 Å². The number of anilines is 3. The molecule has 0 aliphatic rings. The number of nitrogen functional groups attached to an aromatic ring is 1. The smallest absolute Gasteiger partial charge is 0.154 e. The fraction of sp³-hybridized carbons (Fsp3) is 0. The maximum absolute atomic E-state index is 5.99. The monoisotopic (exact) mass is 376 g/mol. The molecule has 0 fully saturated rings. The van der Waals surface area contributed by atoms with Crippen LogP contribution in [-0.4, -0.2) is 9.97 Å². The third-order valence-corrected chi connectivity index (χ3v) is 3.52. The second-order valence-electron chi connectivity index (χ2n) is 3.17. The van der Waals surface area contributed by atoms with Crippen LogP contribution in [0.25, 0.3) is 0 Å². The van der Waals surface area contributed by atoms with Gasteiger partial charge in [-0.3, -0.25) is 0 Å². The van der Waals surface area contributed by atoms with E-state index in [0.29, 0.717) is 10.8 Å². The van der Waals surface area contributed by atoms with Crippen LogP contribution in [0.3, 0.4) is 0 Å². The number of hydrogen-bond acceptors (Lipinski definition) is 4. The predicted octanol–water partition coefficient (Wildman–Crippen LogP) is 3.98. The molecule has 0 aliphatic carbocycles. The standard InChI is InChI=1S/C10H7Br2ClN4/c11-5-1-2-7(6(12)3-5)17-10-8(13)9(14)15-4-16-10/h1-4H,(H3,14,15,16,17). The zero-order chi connectivity index (χ0) is 12.4. The summed E-state index contributed by atoms with van der Waals surface area (Å²) >= 11 is 12.8. The van der Waals surface area contributed by atoms with Crippen molar-refractivity contribution >= 4 is 60.8 Å². The van der Waals surface area contributed by atoms with Crippen molar-refractivity contribution in [3.63, 3.8) is 0 Å². The molecule has 88 valence electrons. The molecular weight excluding hydrogens is 371 g/mol. The van der Waals surface area contributed by atoms with Crippen molar-refractivity contribution in [1.29, 1.82) is 0 Å². The third-order valence-electron chi connectivity index (χ3n) is 2.00. The second kappa shape index (κ2) is 5.20. The van der Waals surface area contributed by atoms with E-state index >= 15 is 0 Å². The van der Waals surface area contributed by atoms with Crippen LogP contribution in [0.15, 0.2) is 33.5 Å². The van der Waals surface area contributed by atoms with Crippen molar-refractivity contribution in [3.05, 3.63) is 38.5 Å². The molecule has 17 heavy (non-hydrogen) atoms. The number of aromatic nitrogens is 2. The van der Waals surface area contributed by atoms with Crippen LogP contribution in [0.2, 0.25) is 5.02 Å². The quantitative estimate of drug-likeness (QED) is 0.830. The van der Waals surface area contributed by atoms with Gasteiger partial charge in [0, 0.05) is 8.95 Å². The molecular formula is C10H7Br2ClN4. The summed E-state index contributed by atoms with van der Waals surface area (Å²) in [6, 6.07) is 5.72. The zero-order valence-corrected chi connectivity index (χ0v) is 12.3. The molecule has 7 heteroatoms. The molecule has 1 aromatic heterocycles. The SMILES string of the molecule is Nc1ncnc(Nc2ccc(Br)cc2Br)c1Cl. The van der Waals surface area contributed by atoms with Gasteiger partial charge in [-0.1, -0.05) is 27.5 Å². The van der Waals surface area contributed by atoms with E-state index < -0.39 is 0 Å². The summed E-state index contributed by atoms with van der Waals surface area (Å²) in [6.45, 7) is 0. The Morgan fingerprint density at radius 3 is 2.71 bits per heavy atom. The lowest BCUT2D eigenvalue weighted by Crippen LogP contribution is -2.00. The van der Waals surface area contributed by atoms with Gasteiger partial charge in [-0.05, 0) is 34.1 Å². The molecule has 0 bridgehead atoms. The molecule has 2 rings (SSSR count). The molecule has 2 aromatic rings. The summed E-state index contributed by atoms with van der Waals surface area (Å²) in [7, 11) is 0. The van der Waals surface area contributed by atoms with Gasteiger partial charge < -0.3 is 11.1 Å². The molecule has 1 heterocycles. The minimum absolute atomic E-state index is 0.248. The highest BCUT2D eigenvalue weighted by Crippen LogP contribution is 2.31. The number of nitrogens with zero attached hydrogens (tertiary/aromatic N) is 2. The van der Waals surface area contributed by atoms with Crippen molar-refractivity contribution in [2.45, 2.75) is 0 Å². The Morgan fingerprint density at radius 2 is 2.00 bits per heavy atom. The fourth-order valence-electron chi connectivity index (χ4n) is 1.19. The Labute approximate surface area is 120 Å². The lowest BCUT2D eigenvalue weighted by atomic mass is 10.3. The number of halogens is 3. The van der Waals surface area contributed by atoms with Crippen molar-refractivity contribution in [2.24, 2.45) is 0 Å². The molecule has 0 radical (unpaired) electrons. The molecule has 0 saturated carbocycles. The van der Waals surface area contributed by atoms with E-state index in [1.807, 2.05) is 18.2 Å². The lowest BCUT2D eigenvalue weighted by molar-refractivity contribution is 1.17. The van der Waals surface area contributed by atoms with Crippen LogP contribution < -0.4 is 11.1 Å². The van der Waals surface area contributed by atoms with Crippen molar-refractivity contribution < 1.29 is 0 Å². The number of nitrogens with one attached hydrogen (secondary N) is 1. The first-order valence-corrected chi connectivity index (χ1v) is 6.52. The summed E-state index contributed by atoms with van der Waals surface area (Å²) < 4.78 is 1.86. The second-order valence-corrected chi connectivity index (χ2v) is 5.32. The first-order valence-electron chi connectivity index (χ1n) is 4.56. The molecule has 4 nitrogen and oxygen atoms in total. The highest BCUT2D eigenvalue weighted by Gasteiger charge is 2.08. The third kappa shape index (κ3) is 2.88. The summed E-state index contributed by atoms with van der Waals surface area (Å²) in [6.07, 6.45) is 1.36. The topological polar surface area (TPSA) is 63.8 Å². The minimum atomic E-state index is 0.248. The number of hydrogen-bond donors (Lipinski definition) is 2. The number of rotatable bonds is 2. The first-order chi connectivity index (χ1) is 8.08. The van der Waals surface area contributed by atoms with Gasteiger partial charge in [0.05, 0.1) is 5.69 Å². The van der Waals surface area contributed by atoms with E-state index in [9.17, 15) is 0 Å². The number of nitrogens with two attached hydrogens (primary N) is 1. The Kier molecular flexibility index (Phi) is 3.86. The Balaban J connectivity index is 2.35. The largest absolute Gasteiger partial charge is 0.382 e. The Hall–Kier alpha value is -0.850. The first kappa shape index (κ1) is 12.6. The van der Waals surface area contributed by atoms with Gasteiger partial charge in [-0.25, -0.2) is 9.97 Å². The minimum Gasteiger partial charge on any atom is -0.382 e. The summed E-state index contributed by atoms with van der Waals surface area (Å²) in [4.78, 5) is 7.82. The van der Waals surface area contributed by atoms with Gasteiger partial charge in [-0.2, -0.15) is 0 Å². The molecule has 0 unspecified atom stereocenters. The summed E-state index contributed by atoms with van der Waals surface area (Å²) in [5, 5.41) is 3.39. The Bertz CT molecular complexity index is 562. The zero-order valence-electron chi connectivity index (χ0n) is 8.42. The van der Waals surface area contributed by atoms with Crippen LogP contribution in [0.4, 0.5) is 17.3 Å². The van der Waals surface area contributed by atoms with E-state index in [2.05, 4.69) is 47.1 Å². The van der Waals surface area contributed by atoms with Crippen LogP contribution in [-0.2, 0) is 0 Å². The van der Waals surface area contributed by atoms with E-state index in [-0.39, 0.29) is 5.82 Å². The maximum atomic E-state index is 5.99. The summed E-state index contributed by atoms with van der Waals surface area (Å²) in [5.41, 5.74) is 6.44. The summed E-state index contributed by atoms with van der Waals surface area (Å²) in [5.74, 6) is 0.722. The van der Waals surface area contributed by atoms with Crippen LogP contribution >= 0.6 is 43.5 Å². The van der Waals surface area contributed by atoms with E-state index in [1.165, 1.54) is 6.33 Å². The van der Waals surface area contributed by atoms with E-state index in [4.69, 9.17) is 17.3 Å². The van der Waals surface area contributed by atoms with Gasteiger partial charge in [0.2, 0.25) is 0 Å². The van der Waals surface area contributed by atoms with Gasteiger partial charge >= 0.3 is 0 Å². The van der Waals surface area contributed by atoms with Crippen LogP contribution in [0.1, 0.15) is 0 Å². The number of benzene rings is 1. The molecule has 3 N–H and O–H groups in total. The van der Waals surface area contributed by atoms with Crippen LogP contribution in [0, 0.1) is 0 Å². The molecule has 0 aliphatic heterocycles. The van der Waals surface area contributed by atoms with E-state index in [0.717, 1.165) is 14.6 Å². The average molecular weight is 378 g/mol. The highest BCUT2D eigenvalue weighted by atomic mass is 79.9. The normalized spacial score (nSPS) is 10.3. The molecule has 0 atom stereocenters. The van der Waals surface area contributed by atoms with Crippen molar-refractivity contribution in [3.8, 4) is 0 Å². The average Bonchev–Trinajstić information content (AvgIpc) is 2.28. The van der Waals surface area contributed by atoms with Crippen molar-refractivity contribution in [1.82, 2.24) is 9.97 Å². The molecule has 0 amide bonds. The molecule has 0 spiro atoms. The van der Waals surface area contributed by atoms with Gasteiger partial charge in [0.1, 0.15) is 17.2 Å². The van der Waals surface area contributed by atoms with E-state index in [1.54, 1.807) is 0 Å². The molecule has 0 saturated heterocycles. The maximum Gasteiger partial charge on any atom is 0.154 e. The fourth-order valence-corrected chi connectivity index (χ4v) is 2.48. The molecule has 1 aromatic carbocycles. The predicted molar refractivity (Wildman–Crippen MR) is 76.6 cm³/mol.